The first-order valence-corrected chi connectivity index (χ1v) is 7.29. The van der Waals surface area contributed by atoms with E-state index in [-0.39, 0.29) is 6.04 Å². The molecule has 1 heterocycles. The first-order chi connectivity index (χ1) is 7.40. The summed E-state index contributed by atoms with van der Waals surface area (Å²) in [6.07, 6.45) is 3.47. The van der Waals surface area contributed by atoms with Gasteiger partial charge in [-0.05, 0) is 26.2 Å². The van der Waals surface area contributed by atoms with Crippen molar-refractivity contribution in [1.82, 2.24) is 13.9 Å². The zero-order valence-corrected chi connectivity index (χ0v) is 11.0. The van der Waals surface area contributed by atoms with Crippen LogP contribution in [-0.4, -0.2) is 56.4 Å². The first-order valence-electron chi connectivity index (χ1n) is 5.85. The summed E-state index contributed by atoms with van der Waals surface area (Å²) >= 11 is 0. The van der Waals surface area contributed by atoms with Crippen molar-refractivity contribution in [3.63, 3.8) is 0 Å². The average molecular weight is 247 g/mol. The fourth-order valence-corrected chi connectivity index (χ4v) is 3.18. The summed E-state index contributed by atoms with van der Waals surface area (Å²) in [5, 5.41) is 0. The van der Waals surface area contributed by atoms with Crippen molar-refractivity contribution in [2.75, 3.05) is 20.6 Å². The molecule has 0 aromatic carbocycles. The highest BCUT2D eigenvalue weighted by Crippen LogP contribution is 2.33. The Morgan fingerprint density at radius 1 is 1.31 bits per heavy atom. The molecule has 0 bridgehead atoms. The van der Waals surface area contributed by atoms with Crippen LogP contribution in [0.1, 0.15) is 26.2 Å². The van der Waals surface area contributed by atoms with Gasteiger partial charge in [-0.25, -0.2) is 0 Å². The van der Waals surface area contributed by atoms with Crippen LogP contribution in [0.5, 0.6) is 0 Å². The Balaban J connectivity index is 1.93. The molecule has 1 aliphatic carbocycles. The Kier molecular flexibility index (Phi) is 3.27. The Hall–Kier alpha value is -0.170. The zero-order valence-electron chi connectivity index (χ0n) is 10.2. The molecule has 0 unspecified atom stereocenters. The lowest BCUT2D eigenvalue weighted by Crippen LogP contribution is -2.43. The summed E-state index contributed by atoms with van der Waals surface area (Å²) in [7, 11) is -0.167. The zero-order chi connectivity index (χ0) is 11.9. The first kappa shape index (κ1) is 12.3. The highest BCUT2D eigenvalue weighted by molar-refractivity contribution is 7.87. The Morgan fingerprint density at radius 2 is 1.94 bits per heavy atom. The van der Waals surface area contributed by atoms with Gasteiger partial charge in [0.05, 0.1) is 0 Å². The maximum absolute atomic E-state index is 11.7. The fraction of sp³-hybridized carbons (Fsp3) is 1.00. The molecule has 1 saturated heterocycles. The van der Waals surface area contributed by atoms with Gasteiger partial charge in [-0.3, -0.25) is 4.90 Å². The van der Waals surface area contributed by atoms with Gasteiger partial charge >= 0.3 is 0 Å². The van der Waals surface area contributed by atoms with E-state index in [9.17, 15) is 8.42 Å². The van der Waals surface area contributed by atoms with Crippen molar-refractivity contribution in [3.05, 3.63) is 0 Å². The Morgan fingerprint density at radius 3 is 2.44 bits per heavy atom. The third kappa shape index (κ3) is 2.56. The van der Waals surface area contributed by atoms with Gasteiger partial charge in [0, 0.05) is 38.8 Å². The van der Waals surface area contributed by atoms with Crippen LogP contribution < -0.4 is 4.72 Å². The van der Waals surface area contributed by atoms with Gasteiger partial charge in [0.25, 0.3) is 10.2 Å². The minimum Gasteiger partial charge on any atom is -0.296 e. The molecule has 1 aliphatic heterocycles. The number of nitrogens with zero attached hydrogens (tertiary/aromatic N) is 2. The van der Waals surface area contributed by atoms with Crippen LogP contribution in [0, 0.1) is 0 Å². The standard InChI is InChI=1S/C10H21N3O2S/c1-8-6-9(7-13(8)10-4-5-10)11-16(14,15)12(2)3/h8-11H,4-7H2,1-3H3/t8-,9+/m1/s1. The van der Waals surface area contributed by atoms with Crippen LogP contribution >= 0.6 is 0 Å². The van der Waals surface area contributed by atoms with E-state index in [1.807, 2.05) is 0 Å². The smallest absolute Gasteiger partial charge is 0.279 e. The van der Waals surface area contributed by atoms with Crippen LogP contribution in [0.2, 0.25) is 0 Å². The van der Waals surface area contributed by atoms with Crippen molar-refractivity contribution in [2.45, 2.75) is 44.3 Å². The SMILES string of the molecule is C[C@@H]1C[C@H](NS(=O)(=O)N(C)C)CN1C1CC1. The summed E-state index contributed by atoms with van der Waals surface area (Å²) in [6.45, 7) is 3.04. The topological polar surface area (TPSA) is 52.7 Å². The Bertz CT molecular complexity index is 351. The summed E-state index contributed by atoms with van der Waals surface area (Å²) in [4.78, 5) is 2.43. The third-order valence-corrected chi connectivity index (χ3v) is 5.03. The second-order valence-electron chi connectivity index (χ2n) is 5.11. The van der Waals surface area contributed by atoms with E-state index in [1.165, 1.54) is 17.1 Å². The number of likely N-dealkylation sites (tertiary alicyclic amines) is 1. The van der Waals surface area contributed by atoms with Crippen molar-refractivity contribution in [2.24, 2.45) is 0 Å². The molecule has 5 nitrogen and oxygen atoms in total. The number of hydrogen-bond acceptors (Lipinski definition) is 3. The van der Waals surface area contributed by atoms with Crippen LogP contribution in [0.4, 0.5) is 0 Å². The number of hydrogen-bond donors (Lipinski definition) is 1. The molecule has 0 radical (unpaired) electrons. The van der Waals surface area contributed by atoms with Gasteiger partial charge in [-0.2, -0.15) is 17.4 Å². The minimum absolute atomic E-state index is 0.0722. The molecule has 0 amide bonds. The van der Waals surface area contributed by atoms with E-state index in [0.717, 1.165) is 13.0 Å². The van der Waals surface area contributed by atoms with Crippen molar-refractivity contribution >= 4 is 10.2 Å². The second-order valence-corrected chi connectivity index (χ2v) is 7.03. The molecule has 2 fully saturated rings. The van der Waals surface area contributed by atoms with Crippen molar-refractivity contribution < 1.29 is 8.42 Å². The molecule has 2 aliphatic rings. The largest absolute Gasteiger partial charge is 0.296 e. The number of nitrogens with one attached hydrogen (secondary N) is 1. The second kappa shape index (κ2) is 4.25. The average Bonchev–Trinajstić information content (AvgIpc) is 2.91. The van der Waals surface area contributed by atoms with Gasteiger partial charge in [0.1, 0.15) is 0 Å². The molecular weight excluding hydrogens is 226 g/mol. The predicted molar refractivity (Wildman–Crippen MR) is 63.3 cm³/mol. The monoisotopic (exact) mass is 247 g/mol. The third-order valence-electron chi connectivity index (χ3n) is 3.44. The van der Waals surface area contributed by atoms with E-state index in [4.69, 9.17) is 0 Å². The molecule has 6 heteroatoms. The van der Waals surface area contributed by atoms with E-state index in [1.54, 1.807) is 14.1 Å². The molecule has 0 aromatic rings. The minimum atomic E-state index is -3.28. The predicted octanol–water partition coefficient (Wildman–Crippen LogP) is 0.00760. The van der Waals surface area contributed by atoms with Gasteiger partial charge in [0.2, 0.25) is 0 Å². The summed E-state index contributed by atoms with van der Waals surface area (Å²) < 4.78 is 27.4. The lowest BCUT2D eigenvalue weighted by molar-refractivity contribution is 0.256. The lowest BCUT2D eigenvalue weighted by Gasteiger charge is -2.20. The quantitative estimate of drug-likeness (QED) is 0.761. The molecule has 0 spiro atoms. The molecule has 2 rings (SSSR count). The molecule has 1 N–H and O–H groups in total. The van der Waals surface area contributed by atoms with Gasteiger partial charge < -0.3 is 0 Å². The molecule has 2 atom stereocenters. The molecular formula is C10H21N3O2S. The summed E-state index contributed by atoms with van der Waals surface area (Å²) in [5.41, 5.74) is 0. The fourth-order valence-electron chi connectivity index (χ4n) is 2.37. The lowest BCUT2D eigenvalue weighted by atomic mass is 10.2. The van der Waals surface area contributed by atoms with Crippen molar-refractivity contribution in [1.29, 1.82) is 0 Å². The van der Waals surface area contributed by atoms with Gasteiger partial charge in [-0.15, -0.1) is 0 Å². The van der Waals surface area contributed by atoms with E-state index in [0.29, 0.717) is 12.1 Å². The van der Waals surface area contributed by atoms with Crippen LogP contribution in [0.25, 0.3) is 0 Å². The normalized spacial score (nSPS) is 32.5. The molecule has 94 valence electrons. The van der Waals surface area contributed by atoms with Gasteiger partial charge in [-0.1, -0.05) is 0 Å². The van der Waals surface area contributed by atoms with Crippen LogP contribution in [-0.2, 0) is 10.2 Å². The maximum Gasteiger partial charge on any atom is 0.279 e. The maximum atomic E-state index is 11.7. The highest BCUT2D eigenvalue weighted by Gasteiger charge is 2.39. The number of rotatable bonds is 4. The molecule has 16 heavy (non-hydrogen) atoms. The van der Waals surface area contributed by atoms with Crippen LogP contribution in [0.3, 0.4) is 0 Å². The highest BCUT2D eigenvalue weighted by atomic mass is 32.2. The van der Waals surface area contributed by atoms with Crippen molar-refractivity contribution in [3.8, 4) is 0 Å². The Labute approximate surface area is 98.0 Å². The van der Waals surface area contributed by atoms with E-state index < -0.39 is 10.2 Å². The van der Waals surface area contributed by atoms with E-state index in [2.05, 4.69) is 16.5 Å². The van der Waals surface area contributed by atoms with Crippen LogP contribution in [0.15, 0.2) is 0 Å². The molecule has 0 aromatic heterocycles. The summed E-state index contributed by atoms with van der Waals surface area (Å²) in [6, 6.07) is 1.29. The van der Waals surface area contributed by atoms with Gasteiger partial charge in [0.15, 0.2) is 0 Å². The molecule has 1 saturated carbocycles. The summed E-state index contributed by atoms with van der Waals surface area (Å²) in [5.74, 6) is 0. The van der Waals surface area contributed by atoms with E-state index >= 15 is 0 Å².